The minimum atomic E-state index is -0.864. The van der Waals surface area contributed by atoms with Crippen LogP contribution in [0.4, 0.5) is 5.69 Å². The molecule has 0 aliphatic rings. The van der Waals surface area contributed by atoms with Crippen molar-refractivity contribution in [1.82, 2.24) is 14.8 Å². The third kappa shape index (κ3) is 4.05. The van der Waals surface area contributed by atoms with Gasteiger partial charge in [0.05, 0.1) is 11.2 Å². The molecule has 0 fully saturated rings. The van der Waals surface area contributed by atoms with Crippen LogP contribution in [0.3, 0.4) is 0 Å². The van der Waals surface area contributed by atoms with Crippen LogP contribution in [-0.4, -0.2) is 26.2 Å². The first-order valence-corrected chi connectivity index (χ1v) is 7.01. The van der Waals surface area contributed by atoms with E-state index in [1.807, 2.05) is 42.7 Å². The van der Waals surface area contributed by atoms with Crippen molar-refractivity contribution in [3.05, 3.63) is 36.4 Å². The first-order chi connectivity index (χ1) is 9.94. The van der Waals surface area contributed by atoms with Crippen LogP contribution >= 0.6 is 12.4 Å². The third-order valence-electron chi connectivity index (χ3n) is 3.39. The molecule has 1 heterocycles. The number of anilines is 1. The van der Waals surface area contributed by atoms with Gasteiger partial charge in [-0.1, -0.05) is 19.4 Å². The van der Waals surface area contributed by atoms with Crippen LogP contribution in [0.1, 0.15) is 32.5 Å². The molecule has 2 aromatic rings. The van der Waals surface area contributed by atoms with Crippen LogP contribution in [0.15, 0.2) is 30.6 Å². The first kappa shape index (κ1) is 18.1. The fourth-order valence-corrected chi connectivity index (χ4v) is 2.19. The molecule has 0 radical (unpaired) electrons. The summed E-state index contributed by atoms with van der Waals surface area (Å²) in [6.07, 6.45) is 3.14. The highest BCUT2D eigenvalue weighted by Crippen LogP contribution is 2.18. The minimum Gasteiger partial charge on any atom is -0.324 e. The number of amides is 1. The molecule has 1 aromatic carbocycles. The molecule has 6 nitrogen and oxygen atoms in total. The second-order valence-electron chi connectivity index (χ2n) is 5.42. The molecule has 1 aromatic heterocycles. The maximum Gasteiger partial charge on any atom is 0.244 e. The van der Waals surface area contributed by atoms with Crippen molar-refractivity contribution in [3.63, 3.8) is 0 Å². The molecular formula is C15H22ClN5O. The van der Waals surface area contributed by atoms with Crippen molar-refractivity contribution in [2.45, 2.75) is 39.2 Å². The summed E-state index contributed by atoms with van der Waals surface area (Å²) in [5.74, 6) is 0.607. The van der Waals surface area contributed by atoms with E-state index in [2.05, 4.69) is 15.5 Å². The number of benzene rings is 1. The molecule has 0 bridgehead atoms. The number of hydrogen-bond acceptors (Lipinski definition) is 4. The average Bonchev–Trinajstić information content (AvgIpc) is 2.85. The molecule has 3 N–H and O–H groups in total. The summed E-state index contributed by atoms with van der Waals surface area (Å²) in [6.45, 7) is 5.63. The van der Waals surface area contributed by atoms with Gasteiger partial charge in [-0.25, -0.2) is 0 Å². The number of rotatable bonds is 5. The summed E-state index contributed by atoms with van der Waals surface area (Å²) in [5, 5.41) is 10.7. The van der Waals surface area contributed by atoms with E-state index >= 15 is 0 Å². The number of nitrogens with zero attached hydrogens (tertiary/aromatic N) is 3. The normalized spacial score (nSPS) is 13.1. The van der Waals surface area contributed by atoms with Gasteiger partial charge in [-0.3, -0.25) is 9.36 Å². The maximum absolute atomic E-state index is 12.2. The quantitative estimate of drug-likeness (QED) is 0.885. The number of aryl methyl sites for hydroxylation is 1. The van der Waals surface area contributed by atoms with Gasteiger partial charge in [0.2, 0.25) is 5.91 Å². The number of aromatic nitrogens is 3. The zero-order valence-electron chi connectivity index (χ0n) is 13.0. The lowest BCUT2D eigenvalue weighted by Crippen LogP contribution is -2.48. The number of halogens is 1. The summed E-state index contributed by atoms with van der Waals surface area (Å²) in [5.41, 5.74) is 6.77. The Morgan fingerprint density at radius 1 is 1.45 bits per heavy atom. The highest BCUT2D eigenvalue weighted by atomic mass is 35.5. The Balaban J connectivity index is 0.00000242. The lowest BCUT2D eigenvalue weighted by Gasteiger charge is -2.23. The van der Waals surface area contributed by atoms with Gasteiger partial charge >= 0.3 is 0 Å². The Bertz CT molecular complexity index is 638. The molecule has 1 atom stereocenters. The predicted molar refractivity (Wildman–Crippen MR) is 89.5 cm³/mol. The van der Waals surface area contributed by atoms with Gasteiger partial charge in [-0.15, -0.1) is 22.6 Å². The molecule has 2 rings (SSSR count). The van der Waals surface area contributed by atoms with E-state index in [1.54, 1.807) is 13.3 Å². The topological polar surface area (TPSA) is 85.8 Å². The lowest BCUT2D eigenvalue weighted by atomic mass is 9.96. The zero-order valence-corrected chi connectivity index (χ0v) is 13.9. The van der Waals surface area contributed by atoms with E-state index in [1.165, 1.54) is 0 Å². The van der Waals surface area contributed by atoms with Crippen molar-refractivity contribution in [2.75, 3.05) is 5.32 Å². The molecule has 0 spiro atoms. The Hall–Kier alpha value is -1.92. The molecule has 1 unspecified atom stereocenters. The third-order valence-corrected chi connectivity index (χ3v) is 3.39. The van der Waals surface area contributed by atoms with E-state index in [-0.39, 0.29) is 18.3 Å². The molecule has 22 heavy (non-hydrogen) atoms. The van der Waals surface area contributed by atoms with Crippen molar-refractivity contribution in [3.8, 4) is 5.69 Å². The number of nitrogens with one attached hydrogen (secondary N) is 1. The highest BCUT2D eigenvalue weighted by Gasteiger charge is 2.27. The Kier molecular flexibility index (Phi) is 6.08. The molecule has 0 aliphatic carbocycles. The lowest BCUT2D eigenvalue weighted by molar-refractivity contribution is -0.120. The van der Waals surface area contributed by atoms with Crippen LogP contribution in [0.5, 0.6) is 0 Å². The maximum atomic E-state index is 12.2. The van der Waals surface area contributed by atoms with E-state index in [0.29, 0.717) is 12.1 Å². The number of carbonyl (C=O) groups is 1. The molecule has 7 heteroatoms. The van der Waals surface area contributed by atoms with Gasteiger partial charge in [0.1, 0.15) is 12.2 Å². The predicted octanol–water partition coefficient (Wildman–Crippen LogP) is 2.45. The fraction of sp³-hybridized carbons (Fsp3) is 0.400. The van der Waals surface area contributed by atoms with Gasteiger partial charge in [-0.05, 0) is 38.5 Å². The molecule has 0 saturated carbocycles. The SMILES string of the molecule is CCCC(C)(N)C(=O)Nc1cccc(-n2cnnc2C)c1.Cl. The Labute approximate surface area is 136 Å². The Morgan fingerprint density at radius 2 is 2.18 bits per heavy atom. The van der Waals surface area contributed by atoms with Crippen molar-refractivity contribution >= 4 is 24.0 Å². The van der Waals surface area contributed by atoms with Crippen molar-refractivity contribution in [2.24, 2.45) is 5.73 Å². The van der Waals surface area contributed by atoms with E-state index < -0.39 is 5.54 Å². The van der Waals surface area contributed by atoms with Crippen LogP contribution in [0, 0.1) is 6.92 Å². The fourth-order valence-electron chi connectivity index (χ4n) is 2.19. The van der Waals surface area contributed by atoms with Gasteiger partial charge in [-0.2, -0.15) is 0 Å². The smallest absolute Gasteiger partial charge is 0.244 e. The van der Waals surface area contributed by atoms with Crippen molar-refractivity contribution < 1.29 is 4.79 Å². The van der Waals surface area contributed by atoms with Gasteiger partial charge in [0, 0.05) is 5.69 Å². The zero-order chi connectivity index (χ0) is 15.5. The van der Waals surface area contributed by atoms with Gasteiger partial charge in [0.15, 0.2) is 0 Å². The summed E-state index contributed by atoms with van der Waals surface area (Å²) in [7, 11) is 0. The van der Waals surface area contributed by atoms with Crippen LogP contribution in [0.25, 0.3) is 5.69 Å². The highest BCUT2D eigenvalue weighted by molar-refractivity contribution is 5.97. The number of nitrogens with two attached hydrogens (primary N) is 1. The van der Waals surface area contributed by atoms with E-state index in [4.69, 9.17) is 5.73 Å². The Morgan fingerprint density at radius 3 is 2.77 bits per heavy atom. The molecule has 0 aliphatic heterocycles. The summed E-state index contributed by atoms with van der Waals surface area (Å²) in [6, 6.07) is 7.51. The van der Waals surface area contributed by atoms with Crippen LogP contribution < -0.4 is 11.1 Å². The first-order valence-electron chi connectivity index (χ1n) is 7.01. The average molecular weight is 324 g/mol. The van der Waals surface area contributed by atoms with Gasteiger partial charge in [0.25, 0.3) is 0 Å². The molecule has 0 saturated heterocycles. The van der Waals surface area contributed by atoms with Crippen molar-refractivity contribution in [1.29, 1.82) is 0 Å². The largest absolute Gasteiger partial charge is 0.324 e. The standard InChI is InChI=1S/C15H21N5O.ClH/c1-4-8-15(3,16)14(21)18-12-6-5-7-13(9-12)20-10-17-19-11(20)2;/h5-7,9-10H,4,8,16H2,1-3H3,(H,18,21);1H. The number of carbonyl (C=O) groups excluding carboxylic acids is 1. The molecule has 120 valence electrons. The second kappa shape index (κ2) is 7.38. The summed E-state index contributed by atoms with van der Waals surface area (Å²) >= 11 is 0. The summed E-state index contributed by atoms with van der Waals surface area (Å²) < 4.78 is 1.85. The second-order valence-corrected chi connectivity index (χ2v) is 5.42. The van der Waals surface area contributed by atoms with Crippen LogP contribution in [-0.2, 0) is 4.79 Å². The minimum absolute atomic E-state index is 0. The number of hydrogen-bond donors (Lipinski definition) is 2. The van der Waals surface area contributed by atoms with E-state index in [0.717, 1.165) is 17.9 Å². The summed E-state index contributed by atoms with van der Waals surface area (Å²) in [4.78, 5) is 12.2. The monoisotopic (exact) mass is 323 g/mol. The molecular weight excluding hydrogens is 302 g/mol. The molecule has 1 amide bonds. The van der Waals surface area contributed by atoms with E-state index in [9.17, 15) is 4.79 Å². The van der Waals surface area contributed by atoms with Gasteiger partial charge < -0.3 is 11.1 Å². The van der Waals surface area contributed by atoms with Crippen LogP contribution in [0.2, 0.25) is 0 Å².